The second-order valence-corrected chi connectivity index (χ2v) is 6.90. The Morgan fingerprint density at radius 3 is 2.46 bits per heavy atom. The normalized spacial score (nSPS) is 28.2. The van der Waals surface area contributed by atoms with Crippen LogP contribution in [0.2, 0.25) is 0 Å². The molecule has 0 aliphatic heterocycles. The first-order chi connectivity index (χ1) is 11.2. The Kier molecular flexibility index (Phi) is 3.01. The Hall–Kier alpha value is -2.15. The molecule has 1 aromatic carbocycles. The Labute approximate surface area is 136 Å². The first-order valence-electron chi connectivity index (χ1n) is 7.74. The first kappa shape index (κ1) is 15.4. The smallest absolute Gasteiger partial charge is 0.345 e. The van der Waals surface area contributed by atoms with E-state index in [4.69, 9.17) is 0 Å². The van der Waals surface area contributed by atoms with Crippen LogP contribution in [0.25, 0.3) is 10.9 Å². The Balaban J connectivity index is 1.54. The molecule has 3 saturated carbocycles. The van der Waals surface area contributed by atoms with Crippen LogP contribution in [0.4, 0.5) is 13.2 Å². The van der Waals surface area contributed by atoms with Crippen molar-refractivity contribution in [2.75, 3.05) is 7.05 Å². The monoisotopic (exact) mass is 335 g/mol. The van der Waals surface area contributed by atoms with Crippen molar-refractivity contribution < 1.29 is 18.0 Å². The number of pyridine rings is 1. The van der Waals surface area contributed by atoms with Crippen molar-refractivity contribution in [2.45, 2.75) is 36.5 Å². The molecule has 2 N–H and O–H groups in total. The molecule has 126 valence electrons. The van der Waals surface area contributed by atoms with Crippen molar-refractivity contribution in [1.29, 1.82) is 0 Å². The van der Waals surface area contributed by atoms with Crippen molar-refractivity contribution in [3.8, 4) is 0 Å². The molecule has 2 bridgehead atoms. The summed E-state index contributed by atoms with van der Waals surface area (Å²) in [7, 11) is 1.92. The zero-order valence-corrected chi connectivity index (χ0v) is 13.0. The number of carbonyl (C=O) groups is 1. The van der Waals surface area contributed by atoms with Gasteiger partial charge in [0.25, 0.3) is 5.91 Å². The number of amides is 1. The molecule has 2 aromatic rings. The molecule has 3 aliphatic rings. The SMILES string of the molecule is CNC12CC(NC(=O)c3ccc4cc(C(F)(F)F)ccc4n3)(C1)C2. The highest BCUT2D eigenvalue weighted by molar-refractivity contribution is 5.95. The molecule has 4 nitrogen and oxygen atoms in total. The Morgan fingerprint density at radius 1 is 1.12 bits per heavy atom. The molecule has 24 heavy (non-hydrogen) atoms. The van der Waals surface area contributed by atoms with Crippen molar-refractivity contribution in [3.63, 3.8) is 0 Å². The molecular formula is C17H16F3N3O. The van der Waals surface area contributed by atoms with Crippen molar-refractivity contribution >= 4 is 16.8 Å². The van der Waals surface area contributed by atoms with Gasteiger partial charge in [-0.1, -0.05) is 6.07 Å². The van der Waals surface area contributed by atoms with Crippen molar-refractivity contribution in [1.82, 2.24) is 15.6 Å². The second kappa shape index (κ2) is 4.69. The van der Waals surface area contributed by atoms with E-state index in [-0.39, 0.29) is 22.7 Å². The summed E-state index contributed by atoms with van der Waals surface area (Å²) in [4.78, 5) is 16.6. The summed E-state index contributed by atoms with van der Waals surface area (Å²) in [6, 6.07) is 6.29. The topological polar surface area (TPSA) is 54.0 Å². The van der Waals surface area contributed by atoms with Crippen LogP contribution < -0.4 is 10.6 Å². The quantitative estimate of drug-likeness (QED) is 0.907. The fourth-order valence-electron chi connectivity index (χ4n) is 3.92. The number of aromatic nitrogens is 1. The number of halogens is 3. The van der Waals surface area contributed by atoms with Gasteiger partial charge in [0.05, 0.1) is 11.1 Å². The molecular weight excluding hydrogens is 319 g/mol. The van der Waals surface area contributed by atoms with E-state index in [1.807, 2.05) is 7.05 Å². The highest BCUT2D eigenvalue weighted by Crippen LogP contribution is 2.60. The van der Waals surface area contributed by atoms with E-state index >= 15 is 0 Å². The highest BCUT2D eigenvalue weighted by atomic mass is 19.4. The summed E-state index contributed by atoms with van der Waals surface area (Å²) in [5.74, 6) is -0.277. The number of hydrogen-bond donors (Lipinski definition) is 2. The lowest BCUT2D eigenvalue weighted by Gasteiger charge is -2.70. The van der Waals surface area contributed by atoms with E-state index in [1.165, 1.54) is 18.2 Å². The van der Waals surface area contributed by atoms with Gasteiger partial charge in [-0.25, -0.2) is 4.98 Å². The Bertz CT molecular complexity index is 827. The van der Waals surface area contributed by atoms with Gasteiger partial charge in [-0.15, -0.1) is 0 Å². The maximum atomic E-state index is 12.7. The highest BCUT2D eigenvalue weighted by Gasteiger charge is 2.67. The molecule has 3 aliphatic carbocycles. The number of fused-ring (bicyclic) bond motifs is 1. The number of nitrogens with zero attached hydrogens (tertiary/aromatic N) is 1. The number of benzene rings is 1. The predicted molar refractivity (Wildman–Crippen MR) is 82.6 cm³/mol. The summed E-state index contributed by atoms with van der Waals surface area (Å²) in [5.41, 5.74) is -0.0831. The van der Waals surface area contributed by atoms with Gasteiger partial charge in [0.1, 0.15) is 5.69 Å². The largest absolute Gasteiger partial charge is 0.416 e. The van der Waals surface area contributed by atoms with Gasteiger partial charge in [-0.3, -0.25) is 4.79 Å². The van der Waals surface area contributed by atoms with Crippen LogP contribution in [0.15, 0.2) is 30.3 Å². The van der Waals surface area contributed by atoms with Gasteiger partial charge in [0.2, 0.25) is 0 Å². The van der Waals surface area contributed by atoms with Gasteiger partial charge in [0, 0.05) is 16.5 Å². The van der Waals surface area contributed by atoms with E-state index in [0.29, 0.717) is 10.9 Å². The number of nitrogens with one attached hydrogen (secondary N) is 2. The van der Waals surface area contributed by atoms with Crippen molar-refractivity contribution in [2.24, 2.45) is 0 Å². The van der Waals surface area contributed by atoms with E-state index in [2.05, 4.69) is 15.6 Å². The molecule has 1 heterocycles. The van der Waals surface area contributed by atoms with Gasteiger partial charge in [0.15, 0.2) is 0 Å². The van der Waals surface area contributed by atoms with Crippen LogP contribution in [-0.2, 0) is 6.18 Å². The van der Waals surface area contributed by atoms with Crippen LogP contribution in [-0.4, -0.2) is 29.0 Å². The van der Waals surface area contributed by atoms with E-state index in [1.54, 1.807) is 0 Å². The van der Waals surface area contributed by atoms with Crippen LogP contribution in [0.5, 0.6) is 0 Å². The summed E-state index contributed by atoms with van der Waals surface area (Å²) in [6.45, 7) is 0. The number of carbonyl (C=O) groups excluding carboxylic acids is 1. The zero-order valence-electron chi connectivity index (χ0n) is 13.0. The van der Waals surface area contributed by atoms with E-state index in [0.717, 1.165) is 31.4 Å². The van der Waals surface area contributed by atoms with Crippen LogP contribution in [0, 0.1) is 0 Å². The maximum Gasteiger partial charge on any atom is 0.416 e. The summed E-state index contributed by atoms with van der Waals surface area (Å²) >= 11 is 0. The van der Waals surface area contributed by atoms with Crippen molar-refractivity contribution in [3.05, 3.63) is 41.6 Å². The van der Waals surface area contributed by atoms with E-state index in [9.17, 15) is 18.0 Å². The molecule has 0 radical (unpaired) electrons. The number of hydrogen-bond acceptors (Lipinski definition) is 3. The Morgan fingerprint density at radius 2 is 1.83 bits per heavy atom. The summed E-state index contributed by atoms with van der Waals surface area (Å²) in [5, 5.41) is 6.64. The van der Waals surface area contributed by atoms with Gasteiger partial charge >= 0.3 is 6.18 Å². The third kappa shape index (κ3) is 2.26. The summed E-state index contributed by atoms with van der Waals surface area (Å²) in [6.07, 6.45) is -1.67. The van der Waals surface area contributed by atoms with Gasteiger partial charge < -0.3 is 10.6 Å². The summed E-state index contributed by atoms with van der Waals surface area (Å²) < 4.78 is 38.2. The standard InChI is InChI=1S/C17H16F3N3O/c1-21-15-7-16(8-15,9-15)23-14(24)13-4-2-10-6-11(17(18,19)20)3-5-12(10)22-13/h2-6,21H,7-9H2,1H3,(H,23,24). The minimum atomic E-state index is -4.39. The van der Waals surface area contributed by atoms with Crippen LogP contribution >= 0.6 is 0 Å². The lowest BCUT2D eigenvalue weighted by Crippen LogP contribution is -2.82. The molecule has 0 saturated heterocycles. The molecule has 0 spiro atoms. The van der Waals surface area contributed by atoms with E-state index < -0.39 is 11.7 Å². The number of alkyl halides is 3. The average Bonchev–Trinajstić information content (AvgIpc) is 2.47. The minimum absolute atomic E-state index is 0.142. The lowest BCUT2D eigenvalue weighted by atomic mass is 9.44. The number of rotatable bonds is 3. The maximum absolute atomic E-state index is 12.7. The van der Waals surface area contributed by atoms with Crippen LogP contribution in [0.1, 0.15) is 35.3 Å². The molecule has 7 heteroatoms. The minimum Gasteiger partial charge on any atom is -0.345 e. The fourth-order valence-corrected chi connectivity index (χ4v) is 3.92. The molecule has 1 amide bonds. The second-order valence-electron chi connectivity index (χ2n) is 6.90. The molecule has 3 fully saturated rings. The molecule has 0 unspecified atom stereocenters. The van der Waals surface area contributed by atoms with Gasteiger partial charge in [-0.05, 0) is 50.6 Å². The van der Waals surface area contributed by atoms with Gasteiger partial charge in [-0.2, -0.15) is 13.2 Å². The predicted octanol–water partition coefficient (Wildman–Crippen LogP) is 2.88. The molecule has 5 rings (SSSR count). The third-order valence-electron chi connectivity index (χ3n) is 5.19. The fraction of sp³-hybridized carbons (Fsp3) is 0.412. The first-order valence-corrected chi connectivity index (χ1v) is 7.74. The molecule has 0 atom stereocenters. The van der Waals surface area contributed by atoms with Crippen LogP contribution in [0.3, 0.4) is 0 Å². The zero-order chi connectivity index (χ0) is 17.2. The third-order valence-corrected chi connectivity index (χ3v) is 5.19. The molecule has 1 aromatic heterocycles. The lowest BCUT2D eigenvalue weighted by molar-refractivity contribution is -0.137. The average molecular weight is 335 g/mol.